The minimum absolute atomic E-state index is 0.144. The highest BCUT2D eigenvalue weighted by molar-refractivity contribution is 9.10. The second kappa shape index (κ2) is 5.59. The van der Waals surface area contributed by atoms with Crippen molar-refractivity contribution < 1.29 is 0 Å². The molecule has 0 radical (unpaired) electrons. The van der Waals surface area contributed by atoms with Gasteiger partial charge in [-0.1, -0.05) is 34.1 Å². The summed E-state index contributed by atoms with van der Waals surface area (Å²) in [6, 6.07) is 10.4. The van der Waals surface area contributed by atoms with Crippen molar-refractivity contribution >= 4 is 27.3 Å². The van der Waals surface area contributed by atoms with Crippen LogP contribution in [0.25, 0.3) is 0 Å². The first-order chi connectivity index (χ1) is 7.81. The molecular formula is C12H13BrN2S. The van der Waals surface area contributed by atoms with Crippen molar-refractivity contribution in [1.82, 2.24) is 5.43 Å². The molecule has 0 fully saturated rings. The van der Waals surface area contributed by atoms with E-state index in [0.717, 1.165) is 10.9 Å². The number of benzene rings is 1. The van der Waals surface area contributed by atoms with Crippen molar-refractivity contribution in [3.05, 3.63) is 56.7 Å². The average Bonchev–Trinajstić information content (AvgIpc) is 2.80. The minimum atomic E-state index is 0.144. The maximum absolute atomic E-state index is 5.62. The molecule has 2 nitrogen and oxygen atoms in total. The third kappa shape index (κ3) is 2.71. The molecular weight excluding hydrogens is 284 g/mol. The molecule has 2 aromatic rings. The van der Waals surface area contributed by atoms with Crippen LogP contribution in [0.15, 0.2) is 45.6 Å². The molecule has 0 bridgehead atoms. The smallest absolute Gasteiger partial charge is 0.0511 e. The molecule has 0 amide bonds. The molecule has 4 heteroatoms. The summed E-state index contributed by atoms with van der Waals surface area (Å²) in [5, 5.41) is 4.24. The molecule has 1 aromatic carbocycles. The topological polar surface area (TPSA) is 38.0 Å². The maximum Gasteiger partial charge on any atom is 0.0511 e. The summed E-state index contributed by atoms with van der Waals surface area (Å²) in [4.78, 5) is 0. The van der Waals surface area contributed by atoms with Crippen LogP contribution < -0.4 is 11.3 Å². The predicted octanol–water partition coefficient (Wildman–Crippen LogP) is 3.26. The van der Waals surface area contributed by atoms with E-state index in [9.17, 15) is 0 Å². The first-order valence-corrected chi connectivity index (χ1v) is 6.76. The lowest BCUT2D eigenvalue weighted by Gasteiger charge is -2.17. The normalized spacial score (nSPS) is 12.6. The quantitative estimate of drug-likeness (QED) is 0.671. The van der Waals surface area contributed by atoms with Gasteiger partial charge in [-0.25, -0.2) is 0 Å². The van der Waals surface area contributed by atoms with Gasteiger partial charge in [0.2, 0.25) is 0 Å². The van der Waals surface area contributed by atoms with Crippen LogP contribution in [-0.4, -0.2) is 0 Å². The Balaban J connectivity index is 2.20. The van der Waals surface area contributed by atoms with Gasteiger partial charge >= 0.3 is 0 Å². The number of thiophene rings is 1. The lowest BCUT2D eigenvalue weighted by Crippen LogP contribution is -2.29. The Hall–Kier alpha value is -0.680. The molecule has 0 spiro atoms. The second-order valence-electron chi connectivity index (χ2n) is 3.58. The van der Waals surface area contributed by atoms with Crippen LogP contribution in [0.3, 0.4) is 0 Å². The van der Waals surface area contributed by atoms with Crippen molar-refractivity contribution in [2.24, 2.45) is 5.84 Å². The first-order valence-electron chi connectivity index (χ1n) is 5.03. The van der Waals surface area contributed by atoms with Gasteiger partial charge in [-0.2, -0.15) is 11.3 Å². The molecule has 16 heavy (non-hydrogen) atoms. The fraction of sp³-hybridized carbons (Fsp3) is 0.167. The summed E-state index contributed by atoms with van der Waals surface area (Å²) in [5.74, 6) is 5.62. The molecule has 84 valence electrons. The highest BCUT2D eigenvalue weighted by atomic mass is 79.9. The number of hydrogen-bond donors (Lipinski definition) is 2. The monoisotopic (exact) mass is 296 g/mol. The van der Waals surface area contributed by atoms with Crippen molar-refractivity contribution in [2.45, 2.75) is 12.5 Å². The first kappa shape index (κ1) is 11.8. The lowest BCUT2D eigenvalue weighted by atomic mass is 10.0. The summed E-state index contributed by atoms with van der Waals surface area (Å²) in [7, 11) is 0. The number of nitrogens with two attached hydrogens (primary N) is 1. The SMILES string of the molecule is NNC(Cc1ccsc1)c1ccccc1Br. The number of hydrogen-bond acceptors (Lipinski definition) is 3. The predicted molar refractivity (Wildman–Crippen MR) is 72.2 cm³/mol. The number of halogens is 1. The van der Waals surface area contributed by atoms with Crippen LogP contribution in [0.2, 0.25) is 0 Å². The van der Waals surface area contributed by atoms with Gasteiger partial charge in [0.05, 0.1) is 6.04 Å². The van der Waals surface area contributed by atoms with Crippen molar-refractivity contribution in [3.63, 3.8) is 0 Å². The van der Waals surface area contributed by atoms with Gasteiger partial charge in [-0.3, -0.25) is 11.3 Å². The fourth-order valence-corrected chi connectivity index (χ4v) is 2.90. The Morgan fingerprint density at radius 2 is 2.12 bits per heavy atom. The Bertz CT molecular complexity index is 442. The molecule has 1 unspecified atom stereocenters. The highest BCUT2D eigenvalue weighted by Crippen LogP contribution is 2.25. The highest BCUT2D eigenvalue weighted by Gasteiger charge is 2.13. The molecule has 0 saturated heterocycles. The number of rotatable bonds is 4. The van der Waals surface area contributed by atoms with E-state index in [4.69, 9.17) is 5.84 Å². The Morgan fingerprint density at radius 3 is 2.75 bits per heavy atom. The van der Waals surface area contributed by atoms with E-state index >= 15 is 0 Å². The van der Waals surface area contributed by atoms with Crippen LogP contribution in [0.4, 0.5) is 0 Å². The van der Waals surface area contributed by atoms with Gasteiger partial charge in [0.25, 0.3) is 0 Å². The maximum atomic E-state index is 5.62. The van der Waals surface area contributed by atoms with Crippen LogP contribution in [0.5, 0.6) is 0 Å². The summed E-state index contributed by atoms with van der Waals surface area (Å²) in [6.45, 7) is 0. The van der Waals surface area contributed by atoms with Crippen LogP contribution >= 0.6 is 27.3 Å². The van der Waals surface area contributed by atoms with Crippen molar-refractivity contribution in [2.75, 3.05) is 0 Å². The van der Waals surface area contributed by atoms with Crippen LogP contribution in [0.1, 0.15) is 17.2 Å². The van der Waals surface area contributed by atoms with E-state index in [1.54, 1.807) is 11.3 Å². The molecule has 3 N–H and O–H groups in total. The van der Waals surface area contributed by atoms with E-state index in [-0.39, 0.29) is 6.04 Å². The number of hydrazine groups is 1. The average molecular weight is 297 g/mol. The second-order valence-corrected chi connectivity index (χ2v) is 5.21. The summed E-state index contributed by atoms with van der Waals surface area (Å²) in [5.41, 5.74) is 5.37. The zero-order chi connectivity index (χ0) is 11.4. The minimum Gasteiger partial charge on any atom is -0.271 e. The molecule has 1 atom stereocenters. The molecule has 1 heterocycles. The molecule has 0 aliphatic heterocycles. The third-order valence-corrected chi connectivity index (χ3v) is 3.96. The van der Waals surface area contributed by atoms with E-state index in [1.807, 2.05) is 18.2 Å². The van der Waals surface area contributed by atoms with Gasteiger partial charge in [-0.15, -0.1) is 0 Å². The fourth-order valence-electron chi connectivity index (χ4n) is 1.66. The van der Waals surface area contributed by atoms with Gasteiger partial charge in [-0.05, 0) is 40.4 Å². The zero-order valence-electron chi connectivity index (χ0n) is 8.69. The summed E-state index contributed by atoms with van der Waals surface area (Å²) in [6.07, 6.45) is 0.905. The molecule has 0 saturated carbocycles. The molecule has 1 aromatic heterocycles. The van der Waals surface area contributed by atoms with Crippen molar-refractivity contribution in [1.29, 1.82) is 0 Å². The van der Waals surface area contributed by atoms with Crippen molar-refractivity contribution in [3.8, 4) is 0 Å². The van der Waals surface area contributed by atoms with Gasteiger partial charge in [0.15, 0.2) is 0 Å². The van der Waals surface area contributed by atoms with Gasteiger partial charge in [0, 0.05) is 4.47 Å². The Labute approximate surface area is 108 Å². The Kier molecular flexibility index (Phi) is 4.12. The van der Waals surface area contributed by atoms with E-state index in [1.165, 1.54) is 11.1 Å². The Morgan fingerprint density at radius 1 is 1.31 bits per heavy atom. The van der Waals surface area contributed by atoms with Crippen LogP contribution in [0, 0.1) is 0 Å². The van der Waals surface area contributed by atoms with E-state index < -0.39 is 0 Å². The summed E-state index contributed by atoms with van der Waals surface area (Å²) >= 11 is 5.26. The molecule has 0 aliphatic carbocycles. The summed E-state index contributed by atoms with van der Waals surface area (Å²) < 4.78 is 1.09. The standard InChI is InChI=1S/C12H13BrN2S/c13-11-4-2-1-3-10(11)12(15-14)7-9-5-6-16-8-9/h1-6,8,12,15H,7,14H2. The van der Waals surface area contributed by atoms with Gasteiger partial charge < -0.3 is 0 Å². The lowest BCUT2D eigenvalue weighted by molar-refractivity contribution is 0.550. The number of nitrogens with one attached hydrogen (secondary N) is 1. The molecule has 0 aliphatic rings. The van der Waals surface area contributed by atoms with Crippen LogP contribution in [-0.2, 0) is 6.42 Å². The van der Waals surface area contributed by atoms with E-state index in [0.29, 0.717) is 0 Å². The third-order valence-electron chi connectivity index (χ3n) is 2.50. The van der Waals surface area contributed by atoms with E-state index in [2.05, 4.69) is 44.2 Å². The zero-order valence-corrected chi connectivity index (χ0v) is 11.1. The van der Waals surface area contributed by atoms with Gasteiger partial charge in [0.1, 0.15) is 0 Å². The molecule has 2 rings (SSSR count). The largest absolute Gasteiger partial charge is 0.271 e.